The van der Waals surface area contributed by atoms with Gasteiger partial charge in [-0.2, -0.15) is 4.31 Å². The van der Waals surface area contributed by atoms with Crippen molar-refractivity contribution in [2.75, 3.05) is 12.3 Å². The number of rotatable bonds is 4. The third-order valence-electron chi connectivity index (χ3n) is 3.15. The van der Waals surface area contributed by atoms with Crippen molar-refractivity contribution in [3.05, 3.63) is 22.7 Å². The molecule has 100 valence electrons. The van der Waals surface area contributed by atoms with Gasteiger partial charge in [0.05, 0.1) is 15.6 Å². The summed E-state index contributed by atoms with van der Waals surface area (Å²) < 4.78 is 26.7. The van der Waals surface area contributed by atoms with E-state index in [0.717, 1.165) is 12.8 Å². The van der Waals surface area contributed by atoms with Crippen molar-refractivity contribution in [2.24, 2.45) is 0 Å². The summed E-state index contributed by atoms with van der Waals surface area (Å²) in [4.78, 5) is 0.262. The highest BCUT2D eigenvalue weighted by atomic mass is 35.5. The molecule has 2 rings (SSSR count). The molecule has 0 saturated heterocycles. The Morgan fingerprint density at radius 2 is 2.06 bits per heavy atom. The first kappa shape index (κ1) is 13.6. The van der Waals surface area contributed by atoms with Crippen molar-refractivity contribution in [1.29, 1.82) is 0 Å². The van der Waals surface area contributed by atoms with Crippen LogP contribution in [0.5, 0.6) is 0 Å². The number of nitrogens with two attached hydrogens (primary N) is 1. The van der Waals surface area contributed by atoms with Crippen LogP contribution in [-0.2, 0) is 10.0 Å². The Hall–Kier alpha value is -0.780. The Morgan fingerprint density at radius 3 is 2.56 bits per heavy atom. The quantitative estimate of drug-likeness (QED) is 0.865. The lowest BCUT2D eigenvalue weighted by Crippen LogP contribution is -2.33. The van der Waals surface area contributed by atoms with Crippen LogP contribution in [0.15, 0.2) is 17.0 Å². The van der Waals surface area contributed by atoms with Gasteiger partial charge >= 0.3 is 0 Å². The highest BCUT2D eigenvalue weighted by molar-refractivity contribution is 7.89. The summed E-state index contributed by atoms with van der Waals surface area (Å²) in [5, 5.41) is 0.390. The molecule has 0 heterocycles. The molecule has 4 nitrogen and oxygen atoms in total. The van der Waals surface area contributed by atoms with E-state index in [4.69, 9.17) is 17.3 Å². The van der Waals surface area contributed by atoms with Crippen LogP contribution in [-0.4, -0.2) is 25.3 Å². The predicted molar refractivity (Wildman–Crippen MR) is 73.2 cm³/mol. The number of hydrogen-bond donors (Lipinski definition) is 1. The van der Waals surface area contributed by atoms with Crippen molar-refractivity contribution in [3.63, 3.8) is 0 Å². The van der Waals surface area contributed by atoms with Crippen LogP contribution in [0.1, 0.15) is 25.3 Å². The monoisotopic (exact) mass is 288 g/mol. The van der Waals surface area contributed by atoms with E-state index in [1.54, 1.807) is 17.3 Å². The number of benzene rings is 1. The van der Waals surface area contributed by atoms with Crippen molar-refractivity contribution >= 4 is 27.3 Å². The normalized spacial score (nSPS) is 16.2. The molecule has 0 spiro atoms. The van der Waals surface area contributed by atoms with E-state index in [1.165, 1.54) is 6.07 Å². The second-order valence-electron chi connectivity index (χ2n) is 4.58. The van der Waals surface area contributed by atoms with Gasteiger partial charge in [0.2, 0.25) is 10.0 Å². The molecule has 1 aromatic rings. The van der Waals surface area contributed by atoms with Crippen molar-refractivity contribution in [3.8, 4) is 0 Å². The van der Waals surface area contributed by atoms with Gasteiger partial charge in [0, 0.05) is 12.6 Å². The van der Waals surface area contributed by atoms with Crippen LogP contribution in [0, 0.1) is 6.92 Å². The highest BCUT2D eigenvalue weighted by Gasteiger charge is 2.37. The lowest BCUT2D eigenvalue weighted by atomic mass is 10.2. The van der Waals surface area contributed by atoms with Crippen LogP contribution in [0.25, 0.3) is 0 Å². The van der Waals surface area contributed by atoms with Gasteiger partial charge in [-0.3, -0.25) is 0 Å². The largest absolute Gasteiger partial charge is 0.397 e. The van der Waals surface area contributed by atoms with E-state index < -0.39 is 10.0 Å². The van der Waals surface area contributed by atoms with Gasteiger partial charge in [0.25, 0.3) is 0 Å². The molecule has 1 saturated carbocycles. The van der Waals surface area contributed by atoms with E-state index >= 15 is 0 Å². The standard InChI is InChI=1S/C12H17ClN2O2S/c1-3-15(9-4-5-9)18(16,17)12-7-11(14)10(13)6-8(12)2/h6-7,9H,3-5,14H2,1-2H3. The molecule has 0 amide bonds. The third-order valence-corrected chi connectivity index (χ3v) is 5.64. The molecule has 0 radical (unpaired) electrons. The van der Waals surface area contributed by atoms with E-state index in [9.17, 15) is 8.42 Å². The average molecular weight is 289 g/mol. The fourth-order valence-electron chi connectivity index (χ4n) is 2.06. The zero-order chi connectivity index (χ0) is 13.5. The first-order valence-corrected chi connectivity index (χ1v) is 7.77. The molecule has 1 aromatic carbocycles. The molecule has 0 aliphatic heterocycles. The van der Waals surface area contributed by atoms with E-state index in [1.807, 2.05) is 6.92 Å². The number of hydrogen-bond acceptors (Lipinski definition) is 3. The molecule has 0 aromatic heterocycles. The number of anilines is 1. The smallest absolute Gasteiger partial charge is 0.243 e. The summed E-state index contributed by atoms with van der Waals surface area (Å²) >= 11 is 5.89. The molecule has 1 fully saturated rings. The predicted octanol–water partition coefficient (Wildman–Crippen LogP) is 2.40. The van der Waals surface area contributed by atoms with Gasteiger partial charge in [-0.15, -0.1) is 0 Å². The van der Waals surface area contributed by atoms with Crippen LogP contribution in [0.2, 0.25) is 5.02 Å². The zero-order valence-electron chi connectivity index (χ0n) is 10.5. The maximum atomic E-state index is 12.6. The minimum absolute atomic E-state index is 0.149. The topological polar surface area (TPSA) is 63.4 Å². The Morgan fingerprint density at radius 1 is 1.44 bits per heavy atom. The molecule has 2 N–H and O–H groups in total. The molecule has 18 heavy (non-hydrogen) atoms. The summed E-state index contributed by atoms with van der Waals surface area (Å²) in [5.41, 5.74) is 6.64. The first-order chi connectivity index (χ1) is 8.37. The van der Waals surface area contributed by atoms with Crippen LogP contribution in [0.3, 0.4) is 0 Å². The molecule has 1 aliphatic rings. The number of nitrogens with zero attached hydrogens (tertiary/aromatic N) is 1. The summed E-state index contributed by atoms with van der Waals surface area (Å²) in [6, 6.07) is 3.21. The van der Waals surface area contributed by atoms with Gasteiger partial charge in [-0.25, -0.2) is 8.42 Å². The third kappa shape index (κ3) is 2.35. The number of halogens is 1. The van der Waals surface area contributed by atoms with Crippen LogP contribution >= 0.6 is 11.6 Å². The van der Waals surface area contributed by atoms with Gasteiger partial charge in [-0.1, -0.05) is 18.5 Å². The van der Waals surface area contributed by atoms with E-state index in [2.05, 4.69) is 0 Å². The molecule has 0 atom stereocenters. The van der Waals surface area contributed by atoms with Crippen molar-refractivity contribution in [2.45, 2.75) is 37.6 Å². The van der Waals surface area contributed by atoms with E-state index in [0.29, 0.717) is 22.8 Å². The van der Waals surface area contributed by atoms with Gasteiger partial charge in [-0.05, 0) is 37.5 Å². The molecular formula is C12H17ClN2O2S. The minimum atomic E-state index is -3.46. The van der Waals surface area contributed by atoms with E-state index in [-0.39, 0.29) is 10.9 Å². The summed E-state index contributed by atoms with van der Waals surface area (Å²) in [5.74, 6) is 0. The maximum Gasteiger partial charge on any atom is 0.243 e. The lowest BCUT2D eigenvalue weighted by Gasteiger charge is -2.21. The summed E-state index contributed by atoms with van der Waals surface area (Å²) in [7, 11) is -3.46. The van der Waals surface area contributed by atoms with Crippen molar-refractivity contribution in [1.82, 2.24) is 4.31 Å². The number of sulfonamides is 1. The molecule has 0 bridgehead atoms. The molecule has 6 heteroatoms. The summed E-state index contributed by atoms with van der Waals surface area (Å²) in [6.07, 6.45) is 1.88. The minimum Gasteiger partial charge on any atom is -0.397 e. The lowest BCUT2D eigenvalue weighted by molar-refractivity contribution is 0.420. The highest BCUT2D eigenvalue weighted by Crippen LogP contribution is 2.34. The Kier molecular flexibility index (Phi) is 3.58. The molecule has 0 unspecified atom stereocenters. The van der Waals surface area contributed by atoms with Crippen molar-refractivity contribution < 1.29 is 8.42 Å². The molecule has 1 aliphatic carbocycles. The summed E-state index contributed by atoms with van der Waals surface area (Å²) in [6.45, 7) is 4.07. The number of nitrogen functional groups attached to an aromatic ring is 1. The van der Waals surface area contributed by atoms with Crippen LogP contribution in [0.4, 0.5) is 5.69 Å². The second-order valence-corrected chi connectivity index (χ2v) is 6.84. The van der Waals surface area contributed by atoms with Gasteiger partial charge in [0.15, 0.2) is 0 Å². The second kappa shape index (κ2) is 4.72. The molecular weight excluding hydrogens is 272 g/mol. The Balaban J connectivity index is 2.49. The fourth-order valence-corrected chi connectivity index (χ4v) is 4.22. The Bertz CT molecular complexity index is 568. The number of aryl methyl sites for hydroxylation is 1. The Labute approximate surface area is 113 Å². The van der Waals surface area contributed by atoms with Crippen LogP contribution < -0.4 is 5.73 Å². The fraction of sp³-hybridized carbons (Fsp3) is 0.500. The SMILES string of the molecule is CCN(C1CC1)S(=O)(=O)c1cc(N)c(Cl)cc1C. The van der Waals surface area contributed by atoms with Gasteiger partial charge in [0.1, 0.15) is 0 Å². The average Bonchev–Trinajstić information content (AvgIpc) is 3.08. The first-order valence-electron chi connectivity index (χ1n) is 5.95. The zero-order valence-corrected chi connectivity index (χ0v) is 12.1. The maximum absolute atomic E-state index is 12.6. The van der Waals surface area contributed by atoms with Gasteiger partial charge < -0.3 is 5.73 Å².